The van der Waals surface area contributed by atoms with E-state index in [2.05, 4.69) is 103 Å². The second-order valence-electron chi connectivity index (χ2n) is 13.0. The van der Waals surface area contributed by atoms with Crippen molar-refractivity contribution in [2.24, 2.45) is 10.8 Å². The number of hydrogen-bond donors (Lipinski definition) is 0. The van der Waals surface area contributed by atoms with Crippen LogP contribution in [-0.2, 0) is 12.8 Å². The molecule has 0 saturated heterocycles. The molecule has 0 fully saturated rings. The maximum absolute atomic E-state index is 6.94. The van der Waals surface area contributed by atoms with Gasteiger partial charge in [0.1, 0.15) is 11.5 Å². The lowest BCUT2D eigenvalue weighted by Gasteiger charge is -2.28. The Kier molecular flexibility index (Phi) is 4.99. The monoisotopic (exact) mass is 473 g/mol. The van der Waals surface area contributed by atoms with E-state index >= 15 is 0 Å². The van der Waals surface area contributed by atoms with Crippen molar-refractivity contribution < 1.29 is 4.74 Å². The van der Waals surface area contributed by atoms with E-state index in [1.807, 2.05) is 6.20 Å². The molecule has 0 atom stereocenters. The number of fused-ring (bicyclic) bond motifs is 5. The molecule has 5 aromatic rings. The van der Waals surface area contributed by atoms with Crippen molar-refractivity contribution in [3.8, 4) is 22.8 Å². The predicted octanol–water partition coefficient (Wildman–Crippen LogP) is 9.80. The summed E-state index contributed by atoms with van der Waals surface area (Å²) in [6.07, 6.45) is 3.92. The third-order valence-electron chi connectivity index (χ3n) is 7.28. The highest BCUT2D eigenvalue weighted by atomic mass is 16.5. The third kappa shape index (κ3) is 3.75. The molecule has 182 valence electrons. The molecule has 0 unspecified atom stereocenters. The van der Waals surface area contributed by atoms with Crippen LogP contribution in [0.15, 0.2) is 60.8 Å². The fraction of sp³-hybridized carbons (Fsp3) is 0.324. The van der Waals surface area contributed by atoms with Crippen LogP contribution in [0.1, 0.15) is 58.2 Å². The van der Waals surface area contributed by atoms with Crippen LogP contribution in [0.4, 0.5) is 0 Å². The lowest BCUT2D eigenvalue weighted by molar-refractivity contribution is 0.400. The fourth-order valence-corrected chi connectivity index (χ4v) is 5.99. The number of aryl methyl sites for hydroxylation is 1. The minimum absolute atomic E-state index is 0.122. The zero-order valence-electron chi connectivity index (χ0n) is 22.5. The Labute approximate surface area is 214 Å². The Bertz CT molecular complexity index is 1680. The van der Waals surface area contributed by atoms with Gasteiger partial charge in [-0.15, -0.1) is 0 Å². The van der Waals surface area contributed by atoms with Gasteiger partial charge in [0.15, 0.2) is 0 Å². The first kappa shape index (κ1) is 23.0. The molecule has 1 aliphatic rings. The van der Waals surface area contributed by atoms with Crippen molar-refractivity contribution in [3.05, 3.63) is 77.5 Å². The molecule has 0 bridgehead atoms. The molecule has 0 aliphatic carbocycles. The number of nitrogens with zero attached hydrogens (tertiary/aromatic N) is 1. The summed E-state index contributed by atoms with van der Waals surface area (Å²) in [7, 11) is 0. The van der Waals surface area contributed by atoms with E-state index in [4.69, 9.17) is 9.72 Å². The molecular weight excluding hydrogens is 438 g/mol. The fourth-order valence-electron chi connectivity index (χ4n) is 5.99. The maximum atomic E-state index is 6.94. The minimum atomic E-state index is 0.122. The van der Waals surface area contributed by atoms with E-state index in [1.54, 1.807) is 0 Å². The van der Waals surface area contributed by atoms with Gasteiger partial charge in [-0.2, -0.15) is 0 Å². The van der Waals surface area contributed by atoms with Gasteiger partial charge in [0.25, 0.3) is 0 Å². The zero-order valence-corrected chi connectivity index (χ0v) is 22.5. The highest BCUT2D eigenvalue weighted by Crippen LogP contribution is 2.52. The lowest BCUT2D eigenvalue weighted by Crippen LogP contribution is -2.13. The first-order chi connectivity index (χ1) is 17.0. The minimum Gasteiger partial charge on any atom is -0.456 e. The second kappa shape index (κ2) is 7.80. The average Bonchev–Trinajstić information content (AvgIpc) is 2.78. The number of rotatable bonds is 2. The number of pyridine rings is 1. The topological polar surface area (TPSA) is 22.1 Å². The summed E-state index contributed by atoms with van der Waals surface area (Å²) in [6, 6.07) is 20.0. The van der Waals surface area contributed by atoms with Crippen LogP contribution in [0.3, 0.4) is 0 Å². The SMILES string of the molecule is Cc1cccc2cc3c(c(CC(C)(C)C)c12)Oc1cc2c(CC(C)(C)C)cccc2c2ccnc-3c12. The van der Waals surface area contributed by atoms with E-state index in [0.29, 0.717) is 0 Å². The summed E-state index contributed by atoms with van der Waals surface area (Å²) in [5, 5.41) is 7.47. The quantitative estimate of drug-likeness (QED) is 0.233. The summed E-state index contributed by atoms with van der Waals surface area (Å²) in [4.78, 5) is 4.95. The molecule has 1 aliphatic heterocycles. The molecule has 2 nitrogen and oxygen atoms in total. The van der Waals surface area contributed by atoms with E-state index in [-0.39, 0.29) is 10.8 Å². The van der Waals surface area contributed by atoms with Gasteiger partial charge >= 0.3 is 0 Å². The Morgan fingerprint density at radius 2 is 1.50 bits per heavy atom. The van der Waals surface area contributed by atoms with Gasteiger partial charge in [0.05, 0.1) is 11.1 Å². The van der Waals surface area contributed by atoms with Gasteiger partial charge in [-0.05, 0) is 86.9 Å². The smallest absolute Gasteiger partial charge is 0.140 e. The Balaban J connectivity index is 1.71. The summed E-state index contributed by atoms with van der Waals surface area (Å²) < 4.78 is 6.94. The Morgan fingerprint density at radius 3 is 2.25 bits per heavy atom. The van der Waals surface area contributed by atoms with Crippen LogP contribution in [0.25, 0.3) is 43.6 Å². The predicted molar refractivity (Wildman–Crippen MR) is 153 cm³/mol. The molecule has 6 rings (SSSR count). The van der Waals surface area contributed by atoms with Crippen molar-refractivity contribution in [3.63, 3.8) is 0 Å². The standard InChI is InChI=1S/C34H35NO/c1-20-10-8-11-21-16-26-31-30-24(14-15-35-31)23-13-9-12-22(18-33(2,3)4)25(23)17-28(30)36-32(26)27(29(20)21)19-34(5,6)7/h8-17H,18-19H2,1-7H3. The van der Waals surface area contributed by atoms with E-state index < -0.39 is 0 Å². The van der Waals surface area contributed by atoms with Gasteiger partial charge in [-0.25, -0.2) is 0 Å². The van der Waals surface area contributed by atoms with Gasteiger partial charge < -0.3 is 4.74 Å². The largest absolute Gasteiger partial charge is 0.456 e. The lowest BCUT2D eigenvalue weighted by atomic mass is 9.82. The van der Waals surface area contributed by atoms with Crippen molar-refractivity contribution in [1.82, 2.24) is 4.98 Å². The van der Waals surface area contributed by atoms with Crippen LogP contribution in [0, 0.1) is 17.8 Å². The van der Waals surface area contributed by atoms with Gasteiger partial charge in [0, 0.05) is 17.3 Å². The van der Waals surface area contributed by atoms with Crippen LogP contribution in [-0.4, -0.2) is 4.98 Å². The molecule has 0 N–H and O–H groups in total. The van der Waals surface area contributed by atoms with E-state index in [0.717, 1.165) is 41.0 Å². The summed E-state index contributed by atoms with van der Waals surface area (Å²) >= 11 is 0. The Morgan fingerprint density at radius 1 is 0.750 bits per heavy atom. The normalized spacial score (nSPS) is 13.3. The second-order valence-corrected chi connectivity index (χ2v) is 13.0. The van der Waals surface area contributed by atoms with E-state index in [1.165, 1.54) is 43.6 Å². The molecule has 2 heteroatoms. The molecule has 0 saturated carbocycles. The van der Waals surface area contributed by atoms with E-state index in [9.17, 15) is 0 Å². The molecular formula is C34H35NO. The van der Waals surface area contributed by atoms with Crippen LogP contribution < -0.4 is 4.74 Å². The average molecular weight is 474 g/mol. The van der Waals surface area contributed by atoms with Crippen LogP contribution >= 0.6 is 0 Å². The highest BCUT2D eigenvalue weighted by molar-refractivity contribution is 6.17. The number of ether oxygens (including phenoxy) is 1. The van der Waals surface area contributed by atoms with Gasteiger partial charge in [-0.3, -0.25) is 4.98 Å². The number of aromatic nitrogens is 1. The van der Waals surface area contributed by atoms with Gasteiger partial charge in [-0.1, -0.05) is 77.9 Å². The number of hydrogen-bond acceptors (Lipinski definition) is 2. The molecule has 2 heterocycles. The molecule has 0 radical (unpaired) electrons. The summed E-state index contributed by atoms with van der Waals surface area (Å²) in [5.74, 6) is 1.91. The molecule has 0 spiro atoms. The maximum Gasteiger partial charge on any atom is 0.140 e. The molecule has 1 aromatic heterocycles. The van der Waals surface area contributed by atoms with Crippen LogP contribution in [0.2, 0.25) is 0 Å². The van der Waals surface area contributed by atoms with Crippen LogP contribution in [0.5, 0.6) is 11.5 Å². The first-order valence-corrected chi connectivity index (χ1v) is 13.1. The molecule has 4 aromatic carbocycles. The highest BCUT2D eigenvalue weighted by Gasteiger charge is 2.29. The zero-order chi connectivity index (χ0) is 25.4. The van der Waals surface area contributed by atoms with Crippen molar-refractivity contribution >= 4 is 32.3 Å². The van der Waals surface area contributed by atoms with Crippen molar-refractivity contribution in [1.29, 1.82) is 0 Å². The summed E-state index contributed by atoms with van der Waals surface area (Å²) in [5.41, 5.74) is 6.42. The van der Waals surface area contributed by atoms with Crippen molar-refractivity contribution in [2.45, 2.75) is 61.3 Å². The van der Waals surface area contributed by atoms with Gasteiger partial charge in [0.2, 0.25) is 0 Å². The summed E-state index contributed by atoms with van der Waals surface area (Å²) in [6.45, 7) is 16.0. The Hall–Kier alpha value is -3.39. The first-order valence-electron chi connectivity index (χ1n) is 13.1. The number of benzene rings is 4. The van der Waals surface area contributed by atoms with Crippen molar-refractivity contribution in [2.75, 3.05) is 0 Å². The molecule has 36 heavy (non-hydrogen) atoms. The molecule has 0 amide bonds. The third-order valence-corrected chi connectivity index (χ3v) is 7.28.